The fourth-order valence-corrected chi connectivity index (χ4v) is 3.97. The van der Waals surface area contributed by atoms with E-state index in [4.69, 9.17) is 0 Å². The van der Waals surface area contributed by atoms with Crippen molar-refractivity contribution in [2.45, 2.75) is 45.6 Å². The van der Waals surface area contributed by atoms with Gasteiger partial charge in [0.15, 0.2) is 0 Å². The van der Waals surface area contributed by atoms with Crippen LogP contribution in [0.3, 0.4) is 0 Å². The zero-order valence-electron chi connectivity index (χ0n) is 12.8. The van der Waals surface area contributed by atoms with Crippen LogP contribution in [-0.2, 0) is 4.79 Å². The summed E-state index contributed by atoms with van der Waals surface area (Å²) in [6.45, 7) is 5.78. The maximum atomic E-state index is 11.7. The third-order valence-electron chi connectivity index (χ3n) is 4.63. The number of hydrogen-bond donors (Lipinski definition) is 1. The van der Waals surface area contributed by atoms with E-state index in [1.165, 1.54) is 5.56 Å². The SMILES string of the molecule is CCCC1(C(=O)O)CCN(C(CC)c2cccc(Br)c2)C1. The smallest absolute Gasteiger partial charge is 0.310 e. The quantitative estimate of drug-likeness (QED) is 0.819. The molecule has 4 heteroatoms. The normalized spacial score (nSPS) is 24.1. The van der Waals surface area contributed by atoms with Crippen LogP contribution in [0.15, 0.2) is 28.7 Å². The van der Waals surface area contributed by atoms with Gasteiger partial charge < -0.3 is 5.11 Å². The highest BCUT2D eigenvalue weighted by Crippen LogP contribution is 2.40. The topological polar surface area (TPSA) is 40.5 Å². The third kappa shape index (κ3) is 3.49. The Hall–Kier alpha value is -0.870. The summed E-state index contributed by atoms with van der Waals surface area (Å²) in [5.41, 5.74) is 0.721. The summed E-state index contributed by atoms with van der Waals surface area (Å²) in [4.78, 5) is 14.1. The number of rotatable bonds is 6. The minimum absolute atomic E-state index is 0.306. The van der Waals surface area contributed by atoms with E-state index in [2.05, 4.69) is 52.9 Å². The van der Waals surface area contributed by atoms with Crippen molar-refractivity contribution < 1.29 is 9.90 Å². The van der Waals surface area contributed by atoms with Gasteiger partial charge in [-0.05, 0) is 43.5 Å². The average molecular weight is 354 g/mol. The number of carbonyl (C=O) groups is 1. The highest BCUT2D eigenvalue weighted by atomic mass is 79.9. The number of halogens is 1. The number of carboxylic acids is 1. The van der Waals surface area contributed by atoms with Crippen LogP contribution in [0, 0.1) is 5.41 Å². The molecule has 1 heterocycles. The predicted octanol–water partition coefficient (Wildman–Crippen LogP) is 4.48. The molecule has 1 saturated heterocycles. The summed E-state index contributed by atoms with van der Waals surface area (Å²) < 4.78 is 1.08. The Labute approximate surface area is 135 Å². The van der Waals surface area contributed by atoms with E-state index in [1.807, 2.05) is 6.07 Å². The first-order chi connectivity index (χ1) is 10.0. The molecular weight excluding hydrogens is 330 g/mol. The van der Waals surface area contributed by atoms with Crippen molar-refractivity contribution >= 4 is 21.9 Å². The lowest BCUT2D eigenvalue weighted by Crippen LogP contribution is -2.35. The molecule has 0 aromatic heterocycles. The molecule has 2 atom stereocenters. The predicted molar refractivity (Wildman–Crippen MR) is 88.3 cm³/mol. The molecule has 2 rings (SSSR count). The number of nitrogens with zero attached hydrogens (tertiary/aromatic N) is 1. The Morgan fingerprint density at radius 2 is 2.24 bits per heavy atom. The molecule has 3 nitrogen and oxygen atoms in total. The summed E-state index contributed by atoms with van der Waals surface area (Å²) in [6.07, 6.45) is 3.46. The fraction of sp³-hybridized carbons (Fsp3) is 0.588. The van der Waals surface area contributed by atoms with Crippen molar-refractivity contribution in [3.8, 4) is 0 Å². The molecule has 21 heavy (non-hydrogen) atoms. The van der Waals surface area contributed by atoms with Crippen molar-refractivity contribution in [2.24, 2.45) is 5.41 Å². The second kappa shape index (κ2) is 6.93. The molecule has 0 saturated carbocycles. The van der Waals surface area contributed by atoms with E-state index in [-0.39, 0.29) is 0 Å². The zero-order valence-corrected chi connectivity index (χ0v) is 14.4. The Balaban J connectivity index is 2.19. The van der Waals surface area contributed by atoms with Crippen molar-refractivity contribution in [2.75, 3.05) is 13.1 Å². The first-order valence-electron chi connectivity index (χ1n) is 7.75. The highest BCUT2D eigenvalue weighted by molar-refractivity contribution is 9.10. The van der Waals surface area contributed by atoms with Gasteiger partial charge in [0.1, 0.15) is 0 Å². The molecule has 0 amide bonds. The second-order valence-corrected chi connectivity index (χ2v) is 6.95. The lowest BCUT2D eigenvalue weighted by molar-refractivity contribution is -0.148. The van der Waals surface area contributed by atoms with Gasteiger partial charge in [-0.15, -0.1) is 0 Å². The Kier molecular flexibility index (Phi) is 5.44. The Morgan fingerprint density at radius 1 is 1.48 bits per heavy atom. The average Bonchev–Trinajstić information content (AvgIpc) is 2.86. The standard InChI is InChI=1S/C17H24BrNO2/c1-3-8-17(16(20)21)9-10-19(12-17)15(4-2)13-6-5-7-14(18)11-13/h5-7,11,15H,3-4,8-10,12H2,1-2H3,(H,20,21). The molecule has 0 bridgehead atoms. The molecule has 2 unspecified atom stereocenters. The van der Waals surface area contributed by atoms with Gasteiger partial charge in [0.05, 0.1) is 5.41 Å². The molecule has 1 aromatic rings. The lowest BCUT2D eigenvalue weighted by atomic mass is 9.82. The van der Waals surface area contributed by atoms with Crippen LogP contribution < -0.4 is 0 Å². The van der Waals surface area contributed by atoms with E-state index in [0.717, 1.165) is 36.7 Å². The van der Waals surface area contributed by atoms with E-state index in [1.54, 1.807) is 0 Å². The summed E-state index contributed by atoms with van der Waals surface area (Å²) in [5, 5.41) is 9.65. The van der Waals surface area contributed by atoms with Crippen molar-refractivity contribution in [1.29, 1.82) is 0 Å². The minimum atomic E-state index is -0.629. The van der Waals surface area contributed by atoms with Crippen LogP contribution in [0.4, 0.5) is 0 Å². The minimum Gasteiger partial charge on any atom is -0.481 e. The van der Waals surface area contributed by atoms with Gasteiger partial charge in [-0.1, -0.05) is 48.3 Å². The van der Waals surface area contributed by atoms with Gasteiger partial charge in [0, 0.05) is 17.1 Å². The number of aliphatic carboxylic acids is 1. The van der Waals surface area contributed by atoms with E-state index >= 15 is 0 Å². The van der Waals surface area contributed by atoms with Gasteiger partial charge in [-0.2, -0.15) is 0 Å². The zero-order chi connectivity index (χ0) is 15.5. The third-order valence-corrected chi connectivity index (χ3v) is 5.12. The molecule has 0 radical (unpaired) electrons. The Bertz CT molecular complexity index is 505. The Morgan fingerprint density at radius 3 is 2.81 bits per heavy atom. The molecule has 1 aromatic carbocycles. The van der Waals surface area contributed by atoms with E-state index in [9.17, 15) is 9.90 Å². The maximum Gasteiger partial charge on any atom is 0.310 e. The summed E-state index contributed by atoms with van der Waals surface area (Å²) >= 11 is 3.53. The van der Waals surface area contributed by atoms with Crippen LogP contribution in [0.1, 0.15) is 51.1 Å². The van der Waals surface area contributed by atoms with Gasteiger partial charge in [0.2, 0.25) is 0 Å². The van der Waals surface area contributed by atoms with Gasteiger partial charge >= 0.3 is 5.97 Å². The second-order valence-electron chi connectivity index (χ2n) is 6.04. The maximum absolute atomic E-state index is 11.7. The highest BCUT2D eigenvalue weighted by Gasteiger charge is 2.45. The first kappa shape index (κ1) is 16.5. The van der Waals surface area contributed by atoms with Gasteiger partial charge in [-0.3, -0.25) is 9.69 Å². The molecule has 116 valence electrons. The molecule has 1 aliphatic rings. The van der Waals surface area contributed by atoms with Crippen LogP contribution in [0.5, 0.6) is 0 Å². The van der Waals surface area contributed by atoms with Crippen LogP contribution >= 0.6 is 15.9 Å². The monoisotopic (exact) mass is 353 g/mol. The van der Waals surface area contributed by atoms with Crippen LogP contribution in [-0.4, -0.2) is 29.1 Å². The number of carboxylic acid groups (broad SMARTS) is 1. The van der Waals surface area contributed by atoms with Crippen molar-refractivity contribution in [3.63, 3.8) is 0 Å². The number of hydrogen-bond acceptors (Lipinski definition) is 2. The van der Waals surface area contributed by atoms with Crippen molar-refractivity contribution in [1.82, 2.24) is 4.90 Å². The van der Waals surface area contributed by atoms with E-state index in [0.29, 0.717) is 12.6 Å². The number of benzene rings is 1. The van der Waals surface area contributed by atoms with Crippen LogP contribution in [0.2, 0.25) is 0 Å². The summed E-state index contributed by atoms with van der Waals surface area (Å²) in [5.74, 6) is -0.629. The first-order valence-corrected chi connectivity index (χ1v) is 8.54. The van der Waals surface area contributed by atoms with Gasteiger partial charge in [0.25, 0.3) is 0 Å². The van der Waals surface area contributed by atoms with Crippen LogP contribution in [0.25, 0.3) is 0 Å². The largest absolute Gasteiger partial charge is 0.481 e. The fourth-order valence-electron chi connectivity index (χ4n) is 3.55. The lowest BCUT2D eigenvalue weighted by Gasteiger charge is -2.30. The molecule has 0 aliphatic carbocycles. The molecule has 1 N–H and O–H groups in total. The molecule has 1 fully saturated rings. The summed E-state index contributed by atoms with van der Waals surface area (Å²) in [6, 6.07) is 8.67. The summed E-state index contributed by atoms with van der Waals surface area (Å²) in [7, 11) is 0. The molecule has 0 spiro atoms. The van der Waals surface area contributed by atoms with Crippen molar-refractivity contribution in [3.05, 3.63) is 34.3 Å². The molecular formula is C17H24BrNO2. The van der Waals surface area contributed by atoms with E-state index < -0.39 is 11.4 Å². The van der Waals surface area contributed by atoms with Gasteiger partial charge in [-0.25, -0.2) is 0 Å². The number of likely N-dealkylation sites (tertiary alicyclic amines) is 1. The molecule has 1 aliphatic heterocycles.